The summed E-state index contributed by atoms with van der Waals surface area (Å²) in [7, 11) is 0. The zero-order chi connectivity index (χ0) is 9.38. The average Bonchev–Trinajstić information content (AvgIpc) is 2.26. The van der Waals surface area contributed by atoms with Crippen molar-refractivity contribution in [3.63, 3.8) is 0 Å². The predicted octanol–water partition coefficient (Wildman–Crippen LogP) is 1.37. The molecule has 82 valence electrons. The molecule has 0 saturated carbocycles. The van der Waals surface area contributed by atoms with Crippen molar-refractivity contribution < 1.29 is 12.4 Å². The Balaban J connectivity index is 0.000000640. The Labute approximate surface area is 101 Å². The van der Waals surface area contributed by atoms with Crippen LogP contribution in [0, 0.1) is 0 Å². The molecule has 3 aromatic carbocycles. The van der Waals surface area contributed by atoms with Crippen molar-refractivity contribution in [3.05, 3.63) is 60.7 Å². The highest BCUT2D eigenvalue weighted by atomic mass is 35.5. The Morgan fingerprint density at radius 1 is 0.500 bits per heavy atom. The third-order valence-electron chi connectivity index (χ3n) is 2.61. The lowest BCUT2D eigenvalue weighted by Crippen LogP contribution is -3.00. The van der Waals surface area contributed by atoms with Crippen molar-refractivity contribution in [2.24, 2.45) is 0 Å². The van der Waals surface area contributed by atoms with Gasteiger partial charge in [-0.25, -0.2) is 0 Å². The molecular weight excluding hydrogens is 218 g/mol. The fourth-order valence-corrected chi connectivity index (χ4v) is 1.88. The molecule has 0 aliphatic rings. The van der Waals surface area contributed by atoms with E-state index >= 15 is 0 Å². The summed E-state index contributed by atoms with van der Waals surface area (Å²) >= 11 is 0. The van der Waals surface area contributed by atoms with Crippen LogP contribution < -0.4 is 18.6 Å². The quantitative estimate of drug-likeness (QED) is 0.568. The van der Waals surface area contributed by atoms with Crippen LogP contribution in [0.1, 0.15) is 0 Å². The van der Waals surface area contributed by atoms with E-state index in [-0.39, 0.29) is 18.6 Å². The maximum atomic E-state index is 2.24. The summed E-state index contributed by atoms with van der Waals surface area (Å²) in [4.78, 5) is 0. The van der Waals surface area contributed by atoms with Gasteiger partial charge in [0.05, 0.1) is 0 Å². The average molecular weight is 232 g/mol. The first-order chi connectivity index (χ1) is 6.93. The topological polar surface area (TPSA) is 36.5 Å². The molecule has 0 aliphatic heterocycles. The van der Waals surface area contributed by atoms with Gasteiger partial charge in [-0.05, 0) is 33.7 Å². The fourth-order valence-electron chi connectivity index (χ4n) is 1.88. The Hall–Kier alpha value is -1.57. The van der Waals surface area contributed by atoms with Crippen LogP contribution in [0.25, 0.3) is 21.5 Å². The molecule has 0 amide bonds. The fraction of sp³-hybridized carbons (Fsp3) is 0. The summed E-state index contributed by atoms with van der Waals surface area (Å²) in [5.74, 6) is 0. The maximum Gasteiger partial charge on any atom is -0.0178 e. The Kier molecular flexibility index (Phi) is 3.88. The van der Waals surface area contributed by atoms with Gasteiger partial charge in [-0.1, -0.05) is 48.5 Å². The van der Waals surface area contributed by atoms with E-state index in [0.717, 1.165) is 0 Å². The monoisotopic (exact) mass is 231 g/mol. The molecule has 0 saturated heterocycles. The zero-order valence-corrected chi connectivity index (χ0v) is 9.91. The molecule has 0 heterocycles. The van der Waals surface area contributed by atoms with Gasteiger partial charge in [0, 0.05) is 0 Å². The number of quaternary nitrogens is 1. The molecule has 0 atom stereocenters. The van der Waals surface area contributed by atoms with Crippen molar-refractivity contribution in [2.75, 3.05) is 0 Å². The molecule has 0 radical (unpaired) electrons. The molecule has 0 fully saturated rings. The molecule has 2 heteroatoms. The van der Waals surface area contributed by atoms with Gasteiger partial charge in [0.1, 0.15) is 0 Å². The molecule has 0 spiro atoms. The predicted molar refractivity (Wildman–Crippen MR) is 67.4 cm³/mol. The first-order valence-corrected chi connectivity index (χ1v) is 4.81. The lowest BCUT2D eigenvalue weighted by Gasteiger charge is -2.00. The Morgan fingerprint density at radius 3 is 1.00 bits per heavy atom. The zero-order valence-electron chi connectivity index (χ0n) is 9.15. The number of hydrogen-bond acceptors (Lipinski definition) is 0. The highest BCUT2D eigenvalue weighted by Crippen LogP contribution is 2.21. The van der Waals surface area contributed by atoms with Gasteiger partial charge >= 0.3 is 0 Å². The van der Waals surface area contributed by atoms with E-state index in [1.807, 2.05) is 0 Å². The number of halogens is 1. The second kappa shape index (κ2) is 4.97. The molecule has 4 N–H and O–H groups in total. The van der Waals surface area contributed by atoms with Crippen molar-refractivity contribution in [1.29, 1.82) is 0 Å². The van der Waals surface area contributed by atoms with Gasteiger partial charge in [0.2, 0.25) is 0 Å². The van der Waals surface area contributed by atoms with Gasteiger partial charge < -0.3 is 18.6 Å². The van der Waals surface area contributed by atoms with Crippen LogP contribution in [0.2, 0.25) is 0 Å². The number of rotatable bonds is 0. The van der Waals surface area contributed by atoms with Crippen LogP contribution in [-0.4, -0.2) is 0 Å². The lowest BCUT2D eigenvalue weighted by atomic mass is 10.0. The summed E-state index contributed by atoms with van der Waals surface area (Å²) in [6.07, 6.45) is 0. The van der Waals surface area contributed by atoms with Gasteiger partial charge in [0.15, 0.2) is 0 Å². The van der Waals surface area contributed by atoms with E-state index in [0.29, 0.717) is 0 Å². The minimum absolute atomic E-state index is 0. The van der Waals surface area contributed by atoms with Crippen LogP contribution in [-0.2, 0) is 0 Å². The third kappa shape index (κ3) is 2.01. The van der Waals surface area contributed by atoms with Crippen LogP contribution in [0.3, 0.4) is 0 Å². The molecule has 3 aromatic rings. The summed E-state index contributed by atoms with van der Waals surface area (Å²) in [5, 5.41) is 5.25. The third-order valence-corrected chi connectivity index (χ3v) is 2.61. The highest BCUT2D eigenvalue weighted by Gasteiger charge is 1.95. The number of fused-ring (bicyclic) bond motifs is 2. The summed E-state index contributed by atoms with van der Waals surface area (Å²) in [6, 6.07) is 21.4. The molecular formula is C14H14ClN. The number of benzene rings is 3. The molecule has 3 rings (SSSR count). The summed E-state index contributed by atoms with van der Waals surface area (Å²) < 4.78 is 0. The molecule has 0 unspecified atom stereocenters. The normalized spacial score (nSPS) is 9.50. The largest absolute Gasteiger partial charge is 1.00 e. The summed E-state index contributed by atoms with van der Waals surface area (Å²) in [6.45, 7) is 0. The van der Waals surface area contributed by atoms with Gasteiger partial charge in [0.25, 0.3) is 0 Å². The molecule has 0 aliphatic carbocycles. The van der Waals surface area contributed by atoms with E-state index < -0.39 is 0 Å². The SMILES string of the molecule is [Cl-].[NH4+].c1ccc2cc3ccccc3cc2c1. The van der Waals surface area contributed by atoms with E-state index in [9.17, 15) is 0 Å². The molecule has 16 heavy (non-hydrogen) atoms. The second-order valence-corrected chi connectivity index (χ2v) is 3.55. The first kappa shape index (κ1) is 12.5. The maximum absolute atomic E-state index is 2.24. The van der Waals surface area contributed by atoms with Crippen LogP contribution >= 0.6 is 0 Å². The van der Waals surface area contributed by atoms with Crippen molar-refractivity contribution in [1.82, 2.24) is 6.15 Å². The molecule has 1 nitrogen and oxygen atoms in total. The molecule has 0 aromatic heterocycles. The van der Waals surface area contributed by atoms with Crippen molar-refractivity contribution in [2.45, 2.75) is 0 Å². The van der Waals surface area contributed by atoms with Gasteiger partial charge in [-0.15, -0.1) is 0 Å². The summed E-state index contributed by atoms with van der Waals surface area (Å²) in [5.41, 5.74) is 0. The van der Waals surface area contributed by atoms with Crippen LogP contribution in [0.4, 0.5) is 0 Å². The lowest BCUT2D eigenvalue weighted by molar-refractivity contribution is -0.00000309. The first-order valence-electron chi connectivity index (χ1n) is 4.81. The Morgan fingerprint density at radius 2 is 0.750 bits per heavy atom. The van der Waals surface area contributed by atoms with E-state index in [1.54, 1.807) is 0 Å². The van der Waals surface area contributed by atoms with Crippen molar-refractivity contribution in [3.8, 4) is 0 Å². The number of hydrogen-bond donors (Lipinski definition) is 1. The van der Waals surface area contributed by atoms with Crippen LogP contribution in [0.15, 0.2) is 60.7 Å². The van der Waals surface area contributed by atoms with Gasteiger partial charge in [-0.3, -0.25) is 0 Å². The van der Waals surface area contributed by atoms with E-state index in [4.69, 9.17) is 0 Å². The van der Waals surface area contributed by atoms with E-state index in [1.165, 1.54) is 21.5 Å². The minimum atomic E-state index is 0. The standard InChI is InChI=1S/C14H10.ClH.H3N/c1-2-6-12-10-14-8-4-3-7-13(14)9-11(12)5-1;;/h1-10H;1H;1H3. The Bertz CT molecular complexity index is 499. The highest BCUT2D eigenvalue weighted by molar-refractivity contribution is 5.97. The molecule has 0 bridgehead atoms. The van der Waals surface area contributed by atoms with E-state index in [2.05, 4.69) is 60.7 Å². The van der Waals surface area contributed by atoms with Crippen LogP contribution in [0.5, 0.6) is 0 Å². The second-order valence-electron chi connectivity index (χ2n) is 3.55. The van der Waals surface area contributed by atoms with Crippen molar-refractivity contribution >= 4 is 21.5 Å². The minimum Gasteiger partial charge on any atom is -1.00 e. The van der Waals surface area contributed by atoms with Gasteiger partial charge in [-0.2, -0.15) is 0 Å². The smallest absolute Gasteiger partial charge is 0.0178 e.